The van der Waals surface area contributed by atoms with Gasteiger partial charge in [0.05, 0.1) is 6.54 Å². The van der Waals surface area contributed by atoms with Crippen molar-refractivity contribution in [1.82, 2.24) is 10.6 Å². The zero-order valence-electron chi connectivity index (χ0n) is 15.1. The molecule has 24 heavy (non-hydrogen) atoms. The number of hydrogen-bond acceptors (Lipinski definition) is 3. The molecule has 1 saturated carbocycles. The standard InChI is InChI=1S/C18H32N2O4/c1-12(2)9-15(18(23)24)20-17(22)11-19-16(21)10-13(3)14-7-5-4-6-8-14/h12-15H,4-11H2,1-3H3,(H,19,21)(H,20,22)(H,23,24)/t13?,15-/m0/s1. The first-order valence-electron chi connectivity index (χ1n) is 9.08. The van der Waals surface area contributed by atoms with Gasteiger partial charge in [0.1, 0.15) is 6.04 Å². The smallest absolute Gasteiger partial charge is 0.326 e. The van der Waals surface area contributed by atoms with E-state index in [0.29, 0.717) is 24.7 Å². The number of carboxylic acid groups (broad SMARTS) is 1. The van der Waals surface area contributed by atoms with Crippen molar-refractivity contribution in [1.29, 1.82) is 0 Å². The molecule has 0 aromatic carbocycles. The normalized spacial score (nSPS) is 18.0. The van der Waals surface area contributed by atoms with Gasteiger partial charge in [-0.05, 0) is 24.2 Å². The second-order valence-electron chi connectivity index (χ2n) is 7.44. The van der Waals surface area contributed by atoms with E-state index in [0.717, 1.165) is 0 Å². The Balaban J connectivity index is 2.31. The Kier molecular flexibility index (Phi) is 8.79. The fourth-order valence-electron chi connectivity index (χ4n) is 3.35. The Bertz CT molecular complexity index is 431. The molecule has 0 heterocycles. The molecule has 0 bridgehead atoms. The molecule has 0 aromatic heterocycles. The van der Waals surface area contributed by atoms with E-state index in [9.17, 15) is 14.4 Å². The molecule has 1 aliphatic rings. The second-order valence-corrected chi connectivity index (χ2v) is 7.44. The lowest BCUT2D eigenvalue weighted by Gasteiger charge is -2.27. The van der Waals surface area contributed by atoms with Gasteiger partial charge >= 0.3 is 5.97 Å². The summed E-state index contributed by atoms with van der Waals surface area (Å²) < 4.78 is 0. The molecule has 0 aliphatic heterocycles. The first-order valence-corrected chi connectivity index (χ1v) is 9.08. The Morgan fingerprint density at radius 2 is 1.67 bits per heavy atom. The summed E-state index contributed by atoms with van der Waals surface area (Å²) >= 11 is 0. The third kappa shape index (κ3) is 7.79. The molecule has 1 fully saturated rings. The fraction of sp³-hybridized carbons (Fsp3) is 0.833. The number of aliphatic carboxylic acids is 1. The van der Waals surface area contributed by atoms with Crippen molar-refractivity contribution in [2.45, 2.75) is 71.8 Å². The number of carbonyl (C=O) groups excluding carboxylic acids is 2. The van der Waals surface area contributed by atoms with Gasteiger partial charge in [-0.25, -0.2) is 4.79 Å². The van der Waals surface area contributed by atoms with Crippen LogP contribution in [0.5, 0.6) is 0 Å². The molecular formula is C18H32N2O4. The first kappa shape index (κ1) is 20.5. The highest BCUT2D eigenvalue weighted by atomic mass is 16.4. The van der Waals surface area contributed by atoms with Crippen LogP contribution in [0.4, 0.5) is 0 Å². The third-order valence-electron chi connectivity index (χ3n) is 4.75. The summed E-state index contributed by atoms with van der Waals surface area (Å²) in [6, 6.07) is -0.907. The number of rotatable bonds is 9. The molecule has 6 nitrogen and oxygen atoms in total. The topological polar surface area (TPSA) is 95.5 Å². The van der Waals surface area contributed by atoms with Gasteiger partial charge in [0, 0.05) is 6.42 Å². The summed E-state index contributed by atoms with van der Waals surface area (Å²) in [7, 11) is 0. The minimum Gasteiger partial charge on any atom is -0.480 e. The van der Waals surface area contributed by atoms with E-state index < -0.39 is 17.9 Å². The summed E-state index contributed by atoms with van der Waals surface area (Å²) in [5.74, 6) is -0.561. The minimum absolute atomic E-state index is 0.140. The van der Waals surface area contributed by atoms with Crippen LogP contribution in [-0.2, 0) is 14.4 Å². The van der Waals surface area contributed by atoms with E-state index in [4.69, 9.17) is 5.11 Å². The number of nitrogens with one attached hydrogen (secondary N) is 2. The predicted molar refractivity (Wildman–Crippen MR) is 92.4 cm³/mol. The lowest BCUT2D eigenvalue weighted by atomic mass is 9.79. The number of amides is 2. The quantitative estimate of drug-likeness (QED) is 0.600. The number of carboxylic acids is 1. The van der Waals surface area contributed by atoms with Gasteiger partial charge in [0.15, 0.2) is 0 Å². The zero-order valence-corrected chi connectivity index (χ0v) is 15.1. The van der Waals surface area contributed by atoms with Crippen molar-refractivity contribution >= 4 is 17.8 Å². The molecular weight excluding hydrogens is 308 g/mol. The molecule has 138 valence electrons. The number of carbonyl (C=O) groups is 3. The van der Waals surface area contributed by atoms with Crippen molar-refractivity contribution < 1.29 is 19.5 Å². The summed E-state index contributed by atoms with van der Waals surface area (Å²) in [6.45, 7) is 5.73. The predicted octanol–water partition coefficient (Wildman–Crippen LogP) is 2.32. The largest absolute Gasteiger partial charge is 0.480 e. The maximum Gasteiger partial charge on any atom is 0.326 e. The summed E-state index contributed by atoms with van der Waals surface area (Å²) in [5, 5.41) is 14.2. The van der Waals surface area contributed by atoms with Crippen molar-refractivity contribution in [3.05, 3.63) is 0 Å². The van der Waals surface area contributed by atoms with E-state index in [-0.39, 0.29) is 18.4 Å². The Morgan fingerprint density at radius 3 is 2.21 bits per heavy atom. The van der Waals surface area contributed by atoms with Gasteiger partial charge in [-0.3, -0.25) is 9.59 Å². The summed E-state index contributed by atoms with van der Waals surface area (Å²) in [4.78, 5) is 35.0. The summed E-state index contributed by atoms with van der Waals surface area (Å²) in [6.07, 6.45) is 6.93. The van der Waals surface area contributed by atoms with E-state index in [1.54, 1.807) is 0 Å². The molecule has 6 heteroatoms. The van der Waals surface area contributed by atoms with E-state index in [1.165, 1.54) is 32.1 Å². The molecule has 0 saturated heterocycles. The van der Waals surface area contributed by atoms with Crippen LogP contribution < -0.4 is 10.6 Å². The molecule has 3 N–H and O–H groups in total. The van der Waals surface area contributed by atoms with Crippen molar-refractivity contribution in [3.8, 4) is 0 Å². The minimum atomic E-state index is -1.05. The second kappa shape index (κ2) is 10.3. The third-order valence-corrected chi connectivity index (χ3v) is 4.75. The average Bonchev–Trinajstić information content (AvgIpc) is 2.52. The van der Waals surface area contributed by atoms with Crippen LogP contribution in [-0.4, -0.2) is 35.5 Å². The maximum absolute atomic E-state index is 12.0. The molecule has 1 aliphatic carbocycles. The average molecular weight is 340 g/mol. The Hall–Kier alpha value is -1.59. The lowest BCUT2D eigenvalue weighted by molar-refractivity contribution is -0.142. The molecule has 0 spiro atoms. The van der Waals surface area contributed by atoms with Crippen LogP contribution in [0, 0.1) is 17.8 Å². The van der Waals surface area contributed by atoms with Crippen LogP contribution >= 0.6 is 0 Å². The highest BCUT2D eigenvalue weighted by Gasteiger charge is 2.23. The molecule has 2 atom stereocenters. The van der Waals surface area contributed by atoms with Gasteiger partial charge in [0.25, 0.3) is 0 Å². The SMILES string of the molecule is CC(C)C[C@H](NC(=O)CNC(=O)CC(C)C1CCCCC1)C(=O)O. The van der Waals surface area contributed by atoms with Crippen LogP contribution in [0.25, 0.3) is 0 Å². The van der Waals surface area contributed by atoms with E-state index in [2.05, 4.69) is 17.6 Å². The van der Waals surface area contributed by atoms with Gasteiger partial charge < -0.3 is 15.7 Å². The molecule has 0 radical (unpaired) electrons. The van der Waals surface area contributed by atoms with E-state index >= 15 is 0 Å². The van der Waals surface area contributed by atoms with Gasteiger partial charge in [-0.15, -0.1) is 0 Å². The summed E-state index contributed by atoms with van der Waals surface area (Å²) in [5.41, 5.74) is 0. The van der Waals surface area contributed by atoms with Crippen LogP contribution in [0.2, 0.25) is 0 Å². The van der Waals surface area contributed by atoms with Crippen LogP contribution in [0.1, 0.15) is 65.7 Å². The van der Waals surface area contributed by atoms with Crippen LogP contribution in [0.3, 0.4) is 0 Å². The highest BCUT2D eigenvalue weighted by Crippen LogP contribution is 2.31. The van der Waals surface area contributed by atoms with Crippen molar-refractivity contribution in [2.24, 2.45) is 17.8 Å². The Labute approximate surface area is 144 Å². The van der Waals surface area contributed by atoms with E-state index in [1.807, 2.05) is 13.8 Å². The highest BCUT2D eigenvalue weighted by molar-refractivity contribution is 5.87. The first-order chi connectivity index (χ1) is 11.3. The zero-order chi connectivity index (χ0) is 18.1. The molecule has 0 aromatic rings. The van der Waals surface area contributed by atoms with Crippen molar-refractivity contribution in [2.75, 3.05) is 6.54 Å². The monoisotopic (exact) mass is 340 g/mol. The Morgan fingerprint density at radius 1 is 1.04 bits per heavy atom. The maximum atomic E-state index is 12.0. The van der Waals surface area contributed by atoms with Crippen LogP contribution in [0.15, 0.2) is 0 Å². The molecule has 1 rings (SSSR count). The molecule has 2 amide bonds. The van der Waals surface area contributed by atoms with Gasteiger partial charge in [0.2, 0.25) is 11.8 Å². The van der Waals surface area contributed by atoms with Gasteiger partial charge in [-0.2, -0.15) is 0 Å². The number of hydrogen-bond donors (Lipinski definition) is 3. The fourth-order valence-corrected chi connectivity index (χ4v) is 3.35. The molecule has 1 unspecified atom stereocenters. The van der Waals surface area contributed by atoms with Gasteiger partial charge in [-0.1, -0.05) is 52.9 Å². The lowest BCUT2D eigenvalue weighted by Crippen LogP contribution is -2.46. The van der Waals surface area contributed by atoms with Crippen molar-refractivity contribution in [3.63, 3.8) is 0 Å².